The van der Waals surface area contributed by atoms with Gasteiger partial charge in [-0.15, -0.1) is 0 Å². The molecule has 2 aromatic heterocycles. The van der Waals surface area contributed by atoms with Gasteiger partial charge in [-0.2, -0.15) is 0 Å². The predicted molar refractivity (Wildman–Crippen MR) is 152 cm³/mol. The number of aromatic amines is 1. The molecule has 5 rings (SSSR count). The van der Waals surface area contributed by atoms with Crippen LogP contribution in [-0.4, -0.2) is 39.9 Å². The van der Waals surface area contributed by atoms with E-state index in [1.54, 1.807) is 12.2 Å². The molecule has 0 fully saturated rings. The number of H-pyrrole nitrogens is 1. The van der Waals surface area contributed by atoms with Gasteiger partial charge >= 0.3 is 0 Å². The number of rotatable bonds is 9. The van der Waals surface area contributed by atoms with Gasteiger partial charge < -0.3 is 20.9 Å². The zero-order chi connectivity index (χ0) is 28.9. The summed E-state index contributed by atoms with van der Waals surface area (Å²) in [4.78, 5) is 45.1. The molecule has 41 heavy (non-hydrogen) atoms. The maximum Gasteiger partial charge on any atom is 0.266 e. The van der Waals surface area contributed by atoms with Crippen molar-refractivity contribution in [2.75, 3.05) is 18.9 Å². The average Bonchev–Trinajstić information content (AvgIpc) is 3.53. The zero-order valence-electron chi connectivity index (χ0n) is 22.0. The van der Waals surface area contributed by atoms with E-state index < -0.39 is 23.1 Å². The molecule has 0 saturated heterocycles. The minimum atomic E-state index is -1.03. The Morgan fingerprint density at radius 1 is 1.07 bits per heavy atom. The quantitative estimate of drug-likeness (QED) is 0.235. The molecule has 2 amide bonds. The molecular formula is C30H26F2N6O3. The van der Waals surface area contributed by atoms with E-state index in [2.05, 4.69) is 25.9 Å². The summed E-state index contributed by atoms with van der Waals surface area (Å²) in [6, 6.07) is 10.9. The second kappa shape index (κ2) is 11.9. The molecule has 0 atom stereocenters. The standard InChI is InChI=1S/C30H26F2N6O3/c1-33-13-20-9-21(36-14-20)12-23-22-6-4-18(11-27(22)37-29(23)40)3-2-8-35-28(39)24-15-34-17-38(30(24)41)16-19-5-7-25(31)26(32)10-19/h2-7,9-12,14-15,17,33,36H,8,13,16H2,1H3,(H,35,39)(H,37,40)/b3-2+,23-12-. The largest absolute Gasteiger partial charge is 0.361 e. The third-order valence-electron chi connectivity index (χ3n) is 6.45. The highest BCUT2D eigenvalue weighted by atomic mass is 19.2. The molecule has 4 aromatic rings. The fourth-order valence-corrected chi connectivity index (χ4v) is 4.46. The van der Waals surface area contributed by atoms with E-state index in [4.69, 9.17) is 0 Å². The Labute approximate surface area is 233 Å². The van der Waals surface area contributed by atoms with Gasteiger partial charge in [-0.05, 0) is 54.1 Å². The Bertz CT molecular complexity index is 1760. The number of nitrogens with zero attached hydrogens (tertiary/aromatic N) is 2. The lowest BCUT2D eigenvalue weighted by Crippen LogP contribution is -2.33. The predicted octanol–water partition coefficient (Wildman–Crippen LogP) is 3.55. The van der Waals surface area contributed by atoms with Crippen LogP contribution in [0.1, 0.15) is 38.3 Å². The van der Waals surface area contributed by atoms with Crippen molar-refractivity contribution < 1.29 is 18.4 Å². The number of carbonyl (C=O) groups is 2. The highest BCUT2D eigenvalue weighted by Gasteiger charge is 2.24. The fourth-order valence-electron chi connectivity index (χ4n) is 4.46. The van der Waals surface area contributed by atoms with Crippen molar-refractivity contribution >= 4 is 35.2 Å². The smallest absolute Gasteiger partial charge is 0.266 e. The van der Waals surface area contributed by atoms with Crippen molar-refractivity contribution in [2.24, 2.45) is 0 Å². The van der Waals surface area contributed by atoms with Crippen molar-refractivity contribution in [2.45, 2.75) is 13.1 Å². The Kier molecular flexibility index (Phi) is 7.97. The van der Waals surface area contributed by atoms with Gasteiger partial charge in [0.05, 0.1) is 18.4 Å². The Balaban J connectivity index is 1.21. The van der Waals surface area contributed by atoms with Crippen LogP contribution in [0.3, 0.4) is 0 Å². The van der Waals surface area contributed by atoms with Gasteiger partial charge in [0.1, 0.15) is 5.56 Å². The summed E-state index contributed by atoms with van der Waals surface area (Å²) < 4.78 is 27.9. The molecule has 4 N–H and O–H groups in total. The lowest BCUT2D eigenvalue weighted by atomic mass is 10.0. The molecule has 0 saturated carbocycles. The van der Waals surface area contributed by atoms with Gasteiger partial charge in [0.2, 0.25) is 0 Å². The molecule has 0 aliphatic carbocycles. The van der Waals surface area contributed by atoms with Crippen LogP contribution in [0.15, 0.2) is 72.1 Å². The highest BCUT2D eigenvalue weighted by Crippen LogP contribution is 2.34. The van der Waals surface area contributed by atoms with Gasteiger partial charge in [-0.3, -0.25) is 19.0 Å². The number of hydrogen-bond acceptors (Lipinski definition) is 5. The minimum Gasteiger partial charge on any atom is -0.361 e. The topological polar surface area (TPSA) is 121 Å². The third-order valence-corrected chi connectivity index (χ3v) is 6.45. The lowest BCUT2D eigenvalue weighted by molar-refractivity contribution is -0.110. The minimum absolute atomic E-state index is 0.0712. The lowest BCUT2D eigenvalue weighted by Gasteiger charge is -2.08. The highest BCUT2D eigenvalue weighted by molar-refractivity contribution is 6.34. The molecule has 1 aliphatic rings. The number of carbonyl (C=O) groups excluding carboxylic acids is 2. The summed E-state index contributed by atoms with van der Waals surface area (Å²) in [7, 11) is 1.87. The summed E-state index contributed by atoms with van der Waals surface area (Å²) in [5.41, 5.74) is 4.33. The first kappa shape index (κ1) is 27.4. The van der Waals surface area contributed by atoms with E-state index in [0.717, 1.165) is 51.8 Å². The average molecular weight is 557 g/mol. The second-order valence-corrected chi connectivity index (χ2v) is 9.41. The van der Waals surface area contributed by atoms with Crippen LogP contribution in [0.4, 0.5) is 14.5 Å². The molecule has 0 unspecified atom stereocenters. The van der Waals surface area contributed by atoms with Crippen LogP contribution in [-0.2, 0) is 17.9 Å². The van der Waals surface area contributed by atoms with Crippen LogP contribution in [0.2, 0.25) is 0 Å². The van der Waals surface area contributed by atoms with E-state index in [1.165, 1.54) is 12.4 Å². The first-order chi connectivity index (χ1) is 19.8. The van der Waals surface area contributed by atoms with Crippen molar-refractivity contribution in [1.82, 2.24) is 25.2 Å². The molecule has 9 nitrogen and oxygen atoms in total. The molecular weight excluding hydrogens is 530 g/mol. The van der Waals surface area contributed by atoms with E-state index in [0.29, 0.717) is 16.8 Å². The summed E-state index contributed by atoms with van der Waals surface area (Å²) in [5.74, 6) is -2.82. The number of fused-ring (bicyclic) bond motifs is 1. The number of amides is 2. The zero-order valence-corrected chi connectivity index (χ0v) is 22.0. The van der Waals surface area contributed by atoms with Crippen LogP contribution >= 0.6 is 0 Å². The summed E-state index contributed by atoms with van der Waals surface area (Å²) in [5, 5.41) is 8.62. The SMILES string of the molecule is CNCc1c[nH]c(/C=C2\C(=O)Nc3cc(/C=C/CNC(=O)c4cncn(Cc5ccc(F)c(F)c5)c4=O)ccc32)c1. The van der Waals surface area contributed by atoms with E-state index >= 15 is 0 Å². The van der Waals surface area contributed by atoms with E-state index in [9.17, 15) is 23.2 Å². The first-order valence-corrected chi connectivity index (χ1v) is 12.7. The monoisotopic (exact) mass is 556 g/mol. The van der Waals surface area contributed by atoms with Crippen molar-refractivity contribution in [3.05, 3.63) is 123 Å². The number of aromatic nitrogens is 3. The molecule has 1 aliphatic heterocycles. The number of anilines is 1. The number of benzene rings is 2. The van der Waals surface area contributed by atoms with E-state index in [1.807, 2.05) is 43.6 Å². The van der Waals surface area contributed by atoms with Gasteiger partial charge in [0, 0.05) is 42.4 Å². The summed E-state index contributed by atoms with van der Waals surface area (Å²) in [6.07, 6.45) is 9.59. The van der Waals surface area contributed by atoms with Crippen LogP contribution in [0.25, 0.3) is 17.7 Å². The number of halogens is 2. The van der Waals surface area contributed by atoms with Crippen molar-refractivity contribution in [1.29, 1.82) is 0 Å². The normalized spacial score (nSPS) is 13.5. The molecule has 0 bridgehead atoms. The number of hydrogen-bond donors (Lipinski definition) is 4. The first-order valence-electron chi connectivity index (χ1n) is 12.7. The molecule has 2 aromatic carbocycles. The number of nitrogens with one attached hydrogen (secondary N) is 4. The molecule has 0 spiro atoms. The molecule has 208 valence electrons. The van der Waals surface area contributed by atoms with E-state index in [-0.39, 0.29) is 24.6 Å². The van der Waals surface area contributed by atoms with Crippen LogP contribution in [0, 0.1) is 11.6 Å². The third kappa shape index (κ3) is 6.20. The van der Waals surface area contributed by atoms with Crippen molar-refractivity contribution in [3.63, 3.8) is 0 Å². The molecule has 11 heteroatoms. The summed E-state index contributed by atoms with van der Waals surface area (Å²) in [6.45, 7) is 0.781. The summed E-state index contributed by atoms with van der Waals surface area (Å²) >= 11 is 0. The van der Waals surface area contributed by atoms with Gasteiger partial charge in [-0.25, -0.2) is 13.8 Å². The van der Waals surface area contributed by atoms with Crippen molar-refractivity contribution in [3.8, 4) is 0 Å². The maximum absolute atomic E-state index is 13.5. The molecule has 0 radical (unpaired) electrons. The Hall–Kier alpha value is -5.16. The molecule has 3 heterocycles. The Morgan fingerprint density at radius 2 is 1.93 bits per heavy atom. The maximum atomic E-state index is 13.5. The van der Waals surface area contributed by atoms with Gasteiger partial charge in [-0.1, -0.05) is 30.4 Å². The fraction of sp³-hybridized carbons (Fsp3) is 0.133. The van der Waals surface area contributed by atoms with Crippen LogP contribution < -0.4 is 21.5 Å². The second-order valence-electron chi connectivity index (χ2n) is 9.41. The van der Waals surface area contributed by atoms with Gasteiger partial charge in [0.25, 0.3) is 17.4 Å². The van der Waals surface area contributed by atoms with Gasteiger partial charge in [0.15, 0.2) is 11.6 Å². The Morgan fingerprint density at radius 3 is 2.73 bits per heavy atom. The van der Waals surface area contributed by atoms with Crippen LogP contribution in [0.5, 0.6) is 0 Å².